The van der Waals surface area contributed by atoms with E-state index in [2.05, 4.69) is 20.9 Å². The summed E-state index contributed by atoms with van der Waals surface area (Å²) in [4.78, 5) is 68.1. The van der Waals surface area contributed by atoms with Gasteiger partial charge in [-0.2, -0.15) is 0 Å². The molecule has 10 N–H and O–H groups in total. The van der Waals surface area contributed by atoms with Crippen LogP contribution < -0.4 is 33.2 Å². The molecular weight excluding hydrogens is 508 g/mol. The Morgan fingerprint density at radius 2 is 1.72 bits per heavy atom. The van der Waals surface area contributed by atoms with Crippen LogP contribution in [0, 0.1) is 0 Å². The van der Waals surface area contributed by atoms with E-state index in [4.69, 9.17) is 17.2 Å². The number of primary amides is 1. The number of nitrogens with two attached hydrogens (primary N) is 3. The average Bonchev–Trinajstić information content (AvgIpc) is 3.38. The Hall–Kier alpha value is -4.20. The molecule has 0 saturated carbocycles. The predicted molar refractivity (Wildman–Crippen MR) is 143 cm³/mol. The molecule has 39 heavy (non-hydrogen) atoms. The first kappa shape index (κ1) is 31.0. The lowest BCUT2D eigenvalue weighted by Crippen LogP contribution is -2.58. The Kier molecular flexibility index (Phi) is 12.1. The smallest absolute Gasteiger partial charge is 0.248 e. The van der Waals surface area contributed by atoms with Crippen molar-refractivity contribution < 1.29 is 29.1 Å². The monoisotopic (exact) mass is 546 g/mol. The second kappa shape index (κ2) is 15.3. The number of carbonyl (C=O) groups is 5. The first-order valence-corrected chi connectivity index (χ1v) is 12.7. The molecule has 0 aliphatic carbocycles. The third kappa shape index (κ3) is 9.89. The van der Waals surface area contributed by atoms with Crippen LogP contribution >= 0.6 is 0 Å². The Labute approximate surface area is 226 Å². The lowest BCUT2D eigenvalue weighted by molar-refractivity contribution is -0.142. The summed E-state index contributed by atoms with van der Waals surface area (Å²) in [5, 5.41) is 17.3. The number of aliphatic hydroxyl groups is 1. The summed E-state index contributed by atoms with van der Waals surface area (Å²) >= 11 is 0. The summed E-state index contributed by atoms with van der Waals surface area (Å²) in [5.74, 6) is -3.13. The number of benzene rings is 1. The number of guanidine groups is 1. The minimum Gasteiger partial charge on any atom is -0.394 e. The second-order valence-electron chi connectivity index (χ2n) is 9.29. The van der Waals surface area contributed by atoms with Crippen molar-refractivity contribution >= 4 is 35.5 Å². The van der Waals surface area contributed by atoms with E-state index < -0.39 is 60.3 Å². The van der Waals surface area contributed by atoms with E-state index in [1.54, 1.807) is 24.3 Å². The van der Waals surface area contributed by atoms with Crippen molar-refractivity contribution in [1.82, 2.24) is 20.9 Å². The molecule has 1 saturated heterocycles. The standard InChI is InChI=1S/C25H38N8O6/c1-15(35)30-19(14-34)24(39)33-12-6-10-20(33)23(38)32-18(13-16-7-3-2-4-8-16)22(37)31-17(21(26)36)9-5-11-29-25(27)28/h2-4,7-8,17-20,34H,5-6,9-14H2,1H3,(H2,26,36)(H,30,35)(H,31,37)(H,32,38)(H4,27,28,29)/t17-,18-,19-,20-/m0/s1. The quantitative estimate of drug-likeness (QED) is 0.0730. The van der Waals surface area contributed by atoms with Crippen molar-refractivity contribution in [3.63, 3.8) is 0 Å². The van der Waals surface area contributed by atoms with Crippen LogP contribution in [0.4, 0.5) is 0 Å². The van der Waals surface area contributed by atoms with Crippen molar-refractivity contribution in [2.24, 2.45) is 22.2 Å². The molecule has 1 aliphatic heterocycles. The van der Waals surface area contributed by atoms with E-state index in [1.165, 1.54) is 11.8 Å². The van der Waals surface area contributed by atoms with Gasteiger partial charge in [0.15, 0.2) is 5.96 Å². The van der Waals surface area contributed by atoms with Crippen molar-refractivity contribution in [2.75, 3.05) is 19.7 Å². The molecule has 1 heterocycles. The van der Waals surface area contributed by atoms with Gasteiger partial charge in [-0.15, -0.1) is 0 Å². The van der Waals surface area contributed by atoms with Crippen LogP contribution in [-0.2, 0) is 30.4 Å². The van der Waals surface area contributed by atoms with E-state index in [0.717, 1.165) is 5.56 Å². The fraction of sp³-hybridized carbons (Fsp3) is 0.520. The molecule has 14 nitrogen and oxygen atoms in total. The summed E-state index contributed by atoms with van der Waals surface area (Å²) in [5.41, 5.74) is 16.9. The van der Waals surface area contributed by atoms with Gasteiger partial charge in [0.1, 0.15) is 24.2 Å². The maximum absolute atomic E-state index is 13.3. The van der Waals surface area contributed by atoms with E-state index in [1.807, 2.05) is 6.07 Å². The summed E-state index contributed by atoms with van der Waals surface area (Å²) < 4.78 is 0. The zero-order valence-electron chi connectivity index (χ0n) is 22.0. The maximum Gasteiger partial charge on any atom is 0.248 e. The van der Waals surface area contributed by atoms with Crippen LogP contribution in [0.3, 0.4) is 0 Å². The number of aliphatic imine (C=N–C) groups is 1. The molecule has 14 heteroatoms. The van der Waals surface area contributed by atoms with Crippen molar-refractivity contribution in [2.45, 2.75) is 63.2 Å². The molecule has 5 amide bonds. The number of aliphatic hydroxyl groups excluding tert-OH is 1. The van der Waals surface area contributed by atoms with Gasteiger partial charge in [-0.1, -0.05) is 30.3 Å². The molecule has 2 rings (SSSR count). The van der Waals surface area contributed by atoms with Crippen LogP contribution in [0.2, 0.25) is 0 Å². The highest BCUT2D eigenvalue weighted by Crippen LogP contribution is 2.19. The molecule has 1 aromatic carbocycles. The SMILES string of the molecule is CC(=O)N[C@@H](CO)C(=O)N1CCC[C@H]1C(=O)N[C@@H](Cc1ccccc1)C(=O)N[C@@H](CCCN=C(N)N)C(N)=O. The normalized spacial score (nSPS) is 16.9. The number of rotatable bonds is 14. The first-order valence-electron chi connectivity index (χ1n) is 12.7. The molecule has 1 aromatic rings. The molecule has 214 valence electrons. The van der Waals surface area contributed by atoms with Gasteiger partial charge in [0.05, 0.1) is 6.61 Å². The van der Waals surface area contributed by atoms with Crippen LogP contribution in [0.15, 0.2) is 35.3 Å². The minimum atomic E-state index is -1.19. The molecule has 1 fully saturated rings. The average molecular weight is 547 g/mol. The van der Waals surface area contributed by atoms with Gasteiger partial charge in [-0.05, 0) is 31.2 Å². The number of hydrogen-bond acceptors (Lipinski definition) is 7. The number of nitrogens with one attached hydrogen (secondary N) is 3. The zero-order valence-corrected chi connectivity index (χ0v) is 22.0. The van der Waals surface area contributed by atoms with Crippen LogP contribution in [0.5, 0.6) is 0 Å². The van der Waals surface area contributed by atoms with Crippen molar-refractivity contribution in [3.05, 3.63) is 35.9 Å². The minimum absolute atomic E-state index is 0.0953. The summed E-state index contributed by atoms with van der Waals surface area (Å²) in [6, 6.07) is 4.77. The third-order valence-electron chi connectivity index (χ3n) is 6.22. The molecule has 4 atom stereocenters. The maximum atomic E-state index is 13.3. The number of amides is 5. The Morgan fingerprint density at radius 1 is 1.03 bits per heavy atom. The lowest BCUT2D eigenvalue weighted by atomic mass is 10.0. The summed E-state index contributed by atoms with van der Waals surface area (Å²) in [7, 11) is 0. The molecule has 1 aliphatic rings. The number of nitrogens with zero attached hydrogens (tertiary/aromatic N) is 2. The molecule has 0 radical (unpaired) electrons. The van der Waals surface area contributed by atoms with Crippen LogP contribution in [-0.4, -0.2) is 89.4 Å². The number of likely N-dealkylation sites (tertiary alicyclic amines) is 1. The molecule has 0 spiro atoms. The highest BCUT2D eigenvalue weighted by molar-refractivity contribution is 5.95. The zero-order chi connectivity index (χ0) is 28.9. The van der Waals surface area contributed by atoms with Crippen molar-refractivity contribution in [1.29, 1.82) is 0 Å². The lowest BCUT2D eigenvalue weighted by Gasteiger charge is -2.29. The Morgan fingerprint density at radius 3 is 2.31 bits per heavy atom. The molecule has 0 aromatic heterocycles. The van der Waals surface area contributed by atoms with Crippen LogP contribution in [0.25, 0.3) is 0 Å². The Balaban J connectivity index is 2.18. The van der Waals surface area contributed by atoms with Gasteiger partial charge in [-0.3, -0.25) is 29.0 Å². The fourth-order valence-corrected chi connectivity index (χ4v) is 4.32. The highest BCUT2D eigenvalue weighted by Gasteiger charge is 2.38. The fourth-order valence-electron chi connectivity index (χ4n) is 4.32. The van der Waals surface area contributed by atoms with Crippen LogP contribution in [0.1, 0.15) is 38.2 Å². The molecule has 0 unspecified atom stereocenters. The van der Waals surface area contributed by atoms with Gasteiger partial charge in [0.25, 0.3) is 0 Å². The van der Waals surface area contributed by atoms with E-state index >= 15 is 0 Å². The van der Waals surface area contributed by atoms with E-state index in [-0.39, 0.29) is 31.9 Å². The van der Waals surface area contributed by atoms with Gasteiger partial charge in [-0.25, -0.2) is 0 Å². The topological polar surface area (TPSA) is 235 Å². The van der Waals surface area contributed by atoms with E-state index in [0.29, 0.717) is 19.3 Å². The van der Waals surface area contributed by atoms with E-state index in [9.17, 15) is 29.1 Å². The predicted octanol–water partition coefficient (Wildman–Crippen LogP) is -2.77. The number of carbonyl (C=O) groups excluding carboxylic acids is 5. The third-order valence-corrected chi connectivity index (χ3v) is 6.22. The summed E-state index contributed by atoms with van der Waals surface area (Å²) in [6.07, 6.45) is 1.53. The largest absolute Gasteiger partial charge is 0.394 e. The van der Waals surface area contributed by atoms with Gasteiger partial charge >= 0.3 is 0 Å². The highest BCUT2D eigenvalue weighted by atomic mass is 16.3. The number of hydrogen-bond donors (Lipinski definition) is 7. The first-order chi connectivity index (χ1) is 18.5. The second-order valence-corrected chi connectivity index (χ2v) is 9.29. The van der Waals surface area contributed by atoms with Gasteiger partial charge < -0.3 is 43.2 Å². The van der Waals surface area contributed by atoms with Gasteiger partial charge in [0.2, 0.25) is 29.5 Å². The molecule has 0 bridgehead atoms. The summed E-state index contributed by atoms with van der Waals surface area (Å²) in [6.45, 7) is 1.09. The van der Waals surface area contributed by atoms with Crippen molar-refractivity contribution in [3.8, 4) is 0 Å². The molecular formula is C25H38N8O6. The Bertz CT molecular complexity index is 1050. The van der Waals surface area contributed by atoms with Gasteiger partial charge in [0, 0.05) is 26.4 Å².